The predicted molar refractivity (Wildman–Crippen MR) is 66.5 cm³/mol. The highest BCUT2D eigenvalue weighted by Gasteiger charge is 2.21. The Labute approximate surface area is 105 Å². The monoisotopic (exact) mass is 246 g/mol. The minimum absolute atomic E-state index is 0.271. The summed E-state index contributed by atoms with van der Waals surface area (Å²) in [5, 5.41) is 3.31. The highest BCUT2D eigenvalue weighted by atomic mass is 19.1. The van der Waals surface area contributed by atoms with E-state index in [1.165, 1.54) is 18.9 Å². The number of rotatable bonds is 4. The van der Waals surface area contributed by atoms with Gasteiger partial charge in [-0.2, -0.15) is 0 Å². The number of nitrogens with zero attached hydrogens (tertiary/aromatic N) is 1. The lowest BCUT2D eigenvalue weighted by Crippen LogP contribution is -2.15. The Hall–Kier alpha value is -1.68. The van der Waals surface area contributed by atoms with Crippen molar-refractivity contribution in [3.8, 4) is 11.3 Å². The maximum Gasteiger partial charge on any atom is 0.208 e. The molecule has 0 amide bonds. The topological polar surface area (TPSA) is 38.1 Å². The van der Waals surface area contributed by atoms with Crippen LogP contribution in [0.15, 0.2) is 28.8 Å². The third kappa shape index (κ3) is 2.43. The Morgan fingerprint density at radius 2 is 2.28 bits per heavy atom. The van der Waals surface area contributed by atoms with Crippen LogP contribution < -0.4 is 5.32 Å². The van der Waals surface area contributed by atoms with E-state index in [4.69, 9.17) is 4.42 Å². The van der Waals surface area contributed by atoms with Crippen molar-refractivity contribution >= 4 is 0 Å². The maximum atomic E-state index is 13.8. The van der Waals surface area contributed by atoms with Gasteiger partial charge < -0.3 is 9.73 Å². The van der Waals surface area contributed by atoms with Crippen molar-refractivity contribution in [3.63, 3.8) is 0 Å². The van der Waals surface area contributed by atoms with Crippen molar-refractivity contribution in [2.75, 3.05) is 0 Å². The zero-order valence-electron chi connectivity index (χ0n) is 10.2. The van der Waals surface area contributed by atoms with E-state index >= 15 is 0 Å². The van der Waals surface area contributed by atoms with Crippen molar-refractivity contribution in [3.05, 3.63) is 41.7 Å². The molecule has 1 aliphatic rings. The quantitative estimate of drug-likeness (QED) is 0.901. The average Bonchev–Trinajstić information content (AvgIpc) is 3.05. The van der Waals surface area contributed by atoms with Crippen LogP contribution in [-0.2, 0) is 6.54 Å². The van der Waals surface area contributed by atoms with Crippen LogP contribution in [-0.4, -0.2) is 11.0 Å². The fourth-order valence-electron chi connectivity index (χ4n) is 1.86. The Morgan fingerprint density at radius 3 is 3.00 bits per heavy atom. The van der Waals surface area contributed by atoms with Crippen molar-refractivity contribution in [2.45, 2.75) is 32.4 Å². The zero-order valence-corrected chi connectivity index (χ0v) is 10.2. The van der Waals surface area contributed by atoms with E-state index in [-0.39, 0.29) is 5.82 Å². The first-order valence-electron chi connectivity index (χ1n) is 6.17. The standard InChI is InChI=1S/C14H15FN2O/c1-9-2-5-11(12(15)6-9)13-7-17-14(18-13)8-16-10-3-4-10/h2,5-7,10,16H,3-4,8H2,1H3. The van der Waals surface area contributed by atoms with Gasteiger partial charge in [-0.3, -0.25) is 0 Å². The van der Waals surface area contributed by atoms with E-state index in [2.05, 4.69) is 10.3 Å². The highest BCUT2D eigenvalue weighted by Crippen LogP contribution is 2.25. The summed E-state index contributed by atoms with van der Waals surface area (Å²) >= 11 is 0. The largest absolute Gasteiger partial charge is 0.439 e. The summed E-state index contributed by atoms with van der Waals surface area (Å²) in [4.78, 5) is 4.16. The molecule has 0 bridgehead atoms. The van der Waals surface area contributed by atoms with Crippen LogP contribution in [0.5, 0.6) is 0 Å². The fourth-order valence-corrected chi connectivity index (χ4v) is 1.86. The van der Waals surface area contributed by atoms with Crippen molar-refractivity contribution < 1.29 is 8.81 Å². The van der Waals surface area contributed by atoms with Crippen molar-refractivity contribution in [1.82, 2.24) is 10.3 Å². The van der Waals surface area contributed by atoms with E-state index in [9.17, 15) is 4.39 Å². The van der Waals surface area contributed by atoms with Gasteiger partial charge in [0.1, 0.15) is 5.82 Å². The first-order valence-corrected chi connectivity index (χ1v) is 6.17. The van der Waals surface area contributed by atoms with Gasteiger partial charge in [0, 0.05) is 6.04 Å². The third-order valence-corrected chi connectivity index (χ3v) is 3.06. The van der Waals surface area contributed by atoms with Gasteiger partial charge in [-0.05, 0) is 37.5 Å². The third-order valence-electron chi connectivity index (χ3n) is 3.06. The Bertz CT molecular complexity index is 561. The molecule has 2 aromatic rings. The maximum absolute atomic E-state index is 13.8. The molecule has 1 fully saturated rings. The van der Waals surface area contributed by atoms with E-state index in [0.29, 0.717) is 29.8 Å². The molecule has 0 unspecified atom stereocenters. The lowest BCUT2D eigenvalue weighted by Gasteiger charge is -2.00. The molecule has 3 nitrogen and oxygen atoms in total. The fraction of sp³-hybridized carbons (Fsp3) is 0.357. The number of aromatic nitrogens is 1. The molecule has 0 atom stereocenters. The molecular formula is C14H15FN2O. The Morgan fingerprint density at radius 1 is 1.44 bits per heavy atom. The molecule has 18 heavy (non-hydrogen) atoms. The average molecular weight is 246 g/mol. The van der Waals surface area contributed by atoms with Gasteiger partial charge in [-0.25, -0.2) is 9.37 Å². The molecular weight excluding hydrogens is 231 g/mol. The highest BCUT2D eigenvalue weighted by molar-refractivity contribution is 5.57. The summed E-state index contributed by atoms with van der Waals surface area (Å²) in [5.41, 5.74) is 1.36. The van der Waals surface area contributed by atoms with Crippen LogP contribution in [0.4, 0.5) is 4.39 Å². The summed E-state index contributed by atoms with van der Waals surface area (Å²) < 4.78 is 19.3. The van der Waals surface area contributed by atoms with Crippen LogP contribution in [0.1, 0.15) is 24.3 Å². The lowest BCUT2D eigenvalue weighted by molar-refractivity contribution is 0.474. The molecule has 0 spiro atoms. The molecule has 0 aliphatic heterocycles. The molecule has 1 heterocycles. The first-order chi connectivity index (χ1) is 8.72. The van der Waals surface area contributed by atoms with Crippen LogP contribution in [0, 0.1) is 12.7 Å². The van der Waals surface area contributed by atoms with Crippen LogP contribution in [0.25, 0.3) is 11.3 Å². The summed E-state index contributed by atoms with van der Waals surface area (Å²) in [6.07, 6.45) is 4.03. The van der Waals surface area contributed by atoms with Crippen LogP contribution >= 0.6 is 0 Å². The minimum Gasteiger partial charge on any atom is -0.439 e. The van der Waals surface area contributed by atoms with Crippen molar-refractivity contribution in [2.24, 2.45) is 0 Å². The number of benzene rings is 1. The van der Waals surface area contributed by atoms with E-state index in [1.807, 2.05) is 13.0 Å². The molecule has 1 aromatic carbocycles. The molecule has 3 rings (SSSR count). The number of nitrogens with one attached hydrogen (secondary N) is 1. The molecule has 1 saturated carbocycles. The molecule has 4 heteroatoms. The second-order valence-electron chi connectivity index (χ2n) is 4.76. The van der Waals surface area contributed by atoms with Gasteiger partial charge in [0.15, 0.2) is 5.76 Å². The predicted octanol–water partition coefficient (Wildman–Crippen LogP) is 3.04. The van der Waals surface area contributed by atoms with Crippen molar-refractivity contribution in [1.29, 1.82) is 0 Å². The molecule has 1 N–H and O–H groups in total. The Balaban J connectivity index is 1.78. The number of hydrogen-bond donors (Lipinski definition) is 1. The van der Waals surface area contributed by atoms with E-state index in [1.54, 1.807) is 12.3 Å². The molecule has 1 aliphatic carbocycles. The zero-order chi connectivity index (χ0) is 12.5. The van der Waals surface area contributed by atoms with Gasteiger partial charge in [-0.1, -0.05) is 6.07 Å². The number of hydrogen-bond acceptors (Lipinski definition) is 3. The number of halogens is 1. The first kappa shape index (κ1) is 11.4. The number of oxazole rings is 1. The van der Waals surface area contributed by atoms with Gasteiger partial charge in [0.2, 0.25) is 5.89 Å². The molecule has 1 aromatic heterocycles. The summed E-state index contributed by atoms with van der Waals surface area (Å²) in [5.74, 6) is 0.824. The van der Waals surface area contributed by atoms with Gasteiger partial charge >= 0.3 is 0 Å². The summed E-state index contributed by atoms with van der Waals surface area (Å²) in [7, 11) is 0. The molecule has 94 valence electrons. The van der Waals surface area contributed by atoms with Gasteiger partial charge in [-0.15, -0.1) is 0 Å². The second kappa shape index (κ2) is 4.53. The summed E-state index contributed by atoms with van der Waals surface area (Å²) in [6, 6.07) is 5.70. The molecule has 0 saturated heterocycles. The van der Waals surface area contributed by atoms with Gasteiger partial charge in [0.05, 0.1) is 18.3 Å². The lowest BCUT2D eigenvalue weighted by atomic mass is 10.1. The van der Waals surface area contributed by atoms with E-state index in [0.717, 1.165) is 5.56 Å². The molecule has 0 radical (unpaired) electrons. The SMILES string of the molecule is Cc1ccc(-c2cnc(CNC3CC3)o2)c(F)c1. The van der Waals surface area contributed by atoms with Crippen LogP contribution in [0.2, 0.25) is 0 Å². The minimum atomic E-state index is -0.271. The Kier molecular flexibility index (Phi) is 2.88. The summed E-state index contributed by atoms with van der Waals surface area (Å²) in [6.45, 7) is 2.47. The number of aryl methyl sites for hydroxylation is 1. The van der Waals surface area contributed by atoms with Gasteiger partial charge in [0.25, 0.3) is 0 Å². The smallest absolute Gasteiger partial charge is 0.208 e. The normalized spacial score (nSPS) is 15.0. The second-order valence-corrected chi connectivity index (χ2v) is 4.76. The van der Waals surface area contributed by atoms with E-state index < -0.39 is 0 Å². The van der Waals surface area contributed by atoms with Crippen LogP contribution in [0.3, 0.4) is 0 Å².